The molecular weight excluding hydrogens is 496 g/mol. The Morgan fingerprint density at radius 2 is 0.975 bits per heavy atom. The van der Waals surface area contributed by atoms with E-state index in [1.54, 1.807) is 0 Å². The van der Waals surface area contributed by atoms with Crippen molar-refractivity contribution in [2.45, 2.75) is 62.8 Å². The molecule has 3 aliphatic rings. The van der Waals surface area contributed by atoms with Crippen LogP contribution >= 0.6 is 0 Å². The molecule has 0 radical (unpaired) electrons. The molecular formula is C35H38N2O3. The van der Waals surface area contributed by atoms with Gasteiger partial charge in [-0.1, -0.05) is 84.9 Å². The van der Waals surface area contributed by atoms with E-state index in [1.807, 2.05) is 34.1 Å². The molecule has 1 saturated heterocycles. The molecule has 4 aromatic rings. The number of rotatable bonds is 8. The Balaban J connectivity index is 1.24. The highest BCUT2D eigenvalue weighted by Crippen LogP contribution is 2.37. The minimum Gasteiger partial charge on any atom is -0.388 e. The van der Waals surface area contributed by atoms with Crippen molar-refractivity contribution in [1.29, 1.82) is 0 Å². The minimum atomic E-state index is -1.04. The third-order valence-corrected chi connectivity index (χ3v) is 9.25. The van der Waals surface area contributed by atoms with Gasteiger partial charge in [0.15, 0.2) is 0 Å². The van der Waals surface area contributed by atoms with Gasteiger partial charge in [0.05, 0.1) is 12.1 Å². The van der Waals surface area contributed by atoms with Gasteiger partial charge in [-0.2, -0.15) is 0 Å². The first-order valence-corrected chi connectivity index (χ1v) is 14.9. The normalized spacial score (nSPS) is 25.5. The number of aliphatic hydroxyl groups is 2. The van der Waals surface area contributed by atoms with Crippen molar-refractivity contribution in [3.05, 3.63) is 96.1 Å². The third-order valence-electron chi connectivity index (χ3n) is 9.25. The molecule has 2 N–H and O–H groups in total. The van der Waals surface area contributed by atoms with Crippen molar-refractivity contribution in [3.63, 3.8) is 0 Å². The fourth-order valence-electron chi connectivity index (χ4n) is 6.53. The van der Waals surface area contributed by atoms with E-state index in [0.29, 0.717) is 37.8 Å². The molecule has 7 rings (SSSR count). The van der Waals surface area contributed by atoms with Crippen LogP contribution in [0.1, 0.15) is 36.8 Å². The minimum absolute atomic E-state index is 0.0222. The second kappa shape index (κ2) is 10.5. The standard InChI is InChI=1S/C35H38N2O3/c38-33-31(19-25-13-15-27-5-1-3-7-29(27)17-25)36(21-23-9-10-23)35(40)37(22-24-11-12-24)32(34(33)39)20-26-14-16-28-6-2-4-8-30(28)18-26/h1-8,13-18,23-24,31-34,38-39H,9-12,19-22H2/t31-,32-,33+,34+/m1/s1. The van der Waals surface area contributed by atoms with Crippen LogP contribution in [0.15, 0.2) is 84.9 Å². The van der Waals surface area contributed by atoms with Crippen molar-refractivity contribution >= 4 is 27.6 Å². The highest BCUT2D eigenvalue weighted by atomic mass is 16.3. The summed E-state index contributed by atoms with van der Waals surface area (Å²) >= 11 is 0. The SMILES string of the molecule is O=C1N(CC2CC2)[C@H](Cc2ccc3ccccc3c2)[C@H](O)[C@@H](O)[C@@H](Cc2ccc3ccccc3c2)N1CC1CC1. The first-order valence-electron chi connectivity index (χ1n) is 14.9. The fourth-order valence-corrected chi connectivity index (χ4v) is 6.53. The van der Waals surface area contributed by atoms with E-state index in [2.05, 4.69) is 60.7 Å². The molecule has 2 saturated carbocycles. The van der Waals surface area contributed by atoms with Crippen LogP contribution in [0.25, 0.3) is 21.5 Å². The maximum atomic E-state index is 14.4. The lowest BCUT2D eigenvalue weighted by molar-refractivity contribution is -0.0401. The second-order valence-corrected chi connectivity index (χ2v) is 12.4. The molecule has 206 valence electrons. The van der Waals surface area contributed by atoms with Gasteiger partial charge in [-0.05, 0) is 83.0 Å². The van der Waals surface area contributed by atoms with Crippen LogP contribution in [0.2, 0.25) is 0 Å². The maximum Gasteiger partial charge on any atom is 0.320 e. The van der Waals surface area contributed by atoms with Crippen molar-refractivity contribution in [2.75, 3.05) is 13.1 Å². The Bertz CT molecular complexity index is 1410. The summed E-state index contributed by atoms with van der Waals surface area (Å²) in [5.74, 6) is 0.958. The topological polar surface area (TPSA) is 64.0 Å². The van der Waals surface area contributed by atoms with Gasteiger partial charge in [0.25, 0.3) is 0 Å². The first-order chi connectivity index (χ1) is 19.5. The number of carbonyl (C=O) groups is 1. The largest absolute Gasteiger partial charge is 0.388 e. The number of benzene rings is 4. The Morgan fingerprint density at radius 3 is 1.38 bits per heavy atom. The van der Waals surface area contributed by atoms with Gasteiger partial charge in [-0.15, -0.1) is 0 Å². The number of fused-ring (bicyclic) bond motifs is 2. The Labute approximate surface area is 236 Å². The van der Waals surface area contributed by atoms with Gasteiger partial charge in [0.2, 0.25) is 0 Å². The monoisotopic (exact) mass is 534 g/mol. The second-order valence-electron chi connectivity index (χ2n) is 12.4. The number of hydrogen-bond donors (Lipinski definition) is 2. The summed E-state index contributed by atoms with van der Waals surface area (Å²) in [7, 11) is 0. The molecule has 1 aliphatic heterocycles. The lowest BCUT2D eigenvalue weighted by Crippen LogP contribution is -2.52. The summed E-state index contributed by atoms with van der Waals surface area (Å²) in [6.07, 6.45) is 3.43. The summed E-state index contributed by atoms with van der Waals surface area (Å²) in [6, 6.07) is 28.3. The first kappa shape index (κ1) is 25.6. The van der Waals surface area contributed by atoms with Gasteiger partial charge < -0.3 is 20.0 Å². The summed E-state index contributed by atoms with van der Waals surface area (Å²) in [4.78, 5) is 18.3. The van der Waals surface area contributed by atoms with Crippen molar-refractivity contribution < 1.29 is 15.0 Å². The maximum absolute atomic E-state index is 14.4. The summed E-state index contributed by atoms with van der Waals surface area (Å²) in [6.45, 7) is 1.29. The smallest absolute Gasteiger partial charge is 0.320 e. The summed E-state index contributed by atoms with van der Waals surface area (Å²) < 4.78 is 0. The Kier molecular flexibility index (Phi) is 6.73. The van der Waals surface area contributed by atoms with Crippen LogP contribution < -0.4 is 0 Å². The van der Waals surface area contributed by atoms with Crippen LogP contribution in [0.3, 0.4) is 0 Å². The predicted octanol–water partition coefficient (Wildman–Crippen LogP) is 5.79. The van der Waals surface area contributed by atoms with Gasteiger partial charge in [-0.3, -0.25) is 0 Å². The molecule has 0 bridgehead atoms. The van der Waals surface area contributed by atoms with E-state index in [9.17, 15) is 15.0 Å². The van der Waals surface area contributed by atoms with Gasteiger partial charge in [0, 0.05) is 13.1 Å². The lowest BCUT2D eigenvalue weighted by atomic mass is 9.90. The van der Waals surface area contributed by atoms with E-state index in [0.717, 1.165) is 47.6 Å². The van der Waals surface area contributed by atoms with Crippen LogP contribution in [0.5, 0.6) is 0 Å². The van der Waals surface area contributed by atoms with Crippen molar-refractivity contribution in [3.8, 4) is 0 Å². The number of hydrogen-bond acceptors (Lipinski definition) is 3. The third kappa shape index (κ3) is 5.21. The van der Waals surface area contributed by atoms with Crippen LogP contribution in [-0.4, -0.2) is 63.4 Å². The van der Waals surface area contributed by atoms with E-state index in [-0.39, 0.29) is 6.03 Å². The molecule has 0 aromatic heterocycles. The zero-order valence-corrected chi connectivity index (χ0v) is 22.9. The highest BCUT2D eigenvalue weighted by Gasteiger charge is 2.48. The van der Waals surface area contributed by atoms with E-state index in [4.69, 9.17) is 0 Å². The molecule has 1 heterocycles. The molecule has 3 fully saturated rings. The van der Waals surface area contributed by atoms with E-state index < -0.39 is 24.3 Å². The van der Waals surface area contributed by atoms with Crippen LogP contribution in [0, 0.1) is 11.8 Å². The summed E-state index contributed by atoms with van der Waals surface area (Å²) in [5, 5.41) is 28.3. The fraction of sp³-hybridized carbons (Fsp3) is 0.400. The van der Waals surface area contributed by atoms with Gasteiger partial charge in [-0.25, -0.2) is 4.79 Å². The van der Waals surface area contributed by atoms with E-state index >= 15 is 0 Å². The number of carbonyl (C=O) groups excluding carboxylic acids is 1. The number of amides is 2. The van der Waals surface area contributed by atoms with Crippen molar-refractivity contribution in [1.82, 2.24) is 9.80 Å². The Hall–Kier alpha value is -3.41. The molecule has 40 heavy (non-hydrogen) atoms. The molecule has 0 unspecified atom stereocenters. The molecule has 5 nitrogen and oxygen atoms in total. The number of nitrogens with zero attached hydrogens (tertiary/aromatic N) is 2. The summed E-state index contributed by atoms with van der Waals surface area (Å²) in [5.41, 5.74) is 2.15. The molecule has 2 aliphatic carbocycles. The number of urea groups is 1. The zero-order valence-electron chi connectivity index (χ0n) is 22.9. The molecule has 2 amide bonds. The molecule has 5 heteroatoms. The van der Waals surface area contributed by atoms with Gasteiger partial charge in [0.1, 0.15) is 12.2 Å². The van der Waals surface area contributed by atoms with E-state index in [1.165, 1.54) is 10.8 Å². The average Bonchev–Trinajstić information content (AvgIpc) is 3.92. The van der Waals surface area contributed by atoms with Crippen molar-refractivity contribution in [2.24, 2.45) is 11.8 Å². The predicted molar refractivity (Wildman–Crippen MR) is 159 cm³/mol. The average molecular weight is 535 g/mol. The lowest BCUT2D eigenvalue weighted by Gasteiger charge is -2.36. The van der Waals surface area contributed by atoms with Gasteiger partial charge >= 0.3 is 6.03 Å². The van der Waals surface area contributed by atoms with Crippen LogP contribution in [0.4, 0.5) is 4.79 Å². The quantitative estimate of drug-likeness (QED) is 0.301. The molecule has 0 spiro atoms. The number of aliphatic hydroxyl groups excluding tert-OH is 2. The van der Waals surface area contributed by atoms with Crippen LogP contribution in [-0.2, 0) is 12.8 Å². The molecule has 4 atom stereocenters. The molecule has 4 aromatic carbocycles. The highest BCUT2D eigenvalue weighted by molar-refractivity contribution is 5.84. The zero-order chi connectivity index (χ0) is 27.2. The Morgan fingerprint density at radius 1 is 0.575 bits per heavy atom.